The molecule has 1 radical (unpaired) electrons. The van der Waals surface area contributed by atoms with Crippen molar-refractivity contribution in [3.8, 4) is 33.6 Å². The summed E-state index contributed by atoms with van der Waals surface area (Å²) in [5.74, 6) is 6.11. The molecule has 7 aromatic rings. The number of fused-ring (bicyclic) bond motifs is 4. The average molecular weight is 902 g/mol. The zero-order valence-corrected chi connectivity index (χ0v) is 33.4. The Morgan fingerprint density at radius 3 is 2.24 bits per heavy atom. The molecule has 1 aliphatic rings. The molecule has 0 fully saturated rings. The standard InChI is InChI=1S/C28H20F2NO.C15H18GeN.Ir/c1-16-24(29)14-20(15-25(16)30)18-6-8-26-22(12-18)23-13-19(7-9-27(23)32-26)28-21-5-3-2-4-17(21)10-11-31-28;1-12-10-15(13-8-6-5-7-9-13)17-11-14(12)16(2,3)4;/h6,8-15H,2-5H2,1H3;5-8,10-11H,1-4H3;/q2*-1;. The normalized spacial score (nSPS) is 12.6. The second-order valence-electron chi connectivity index (χ2n) is 13.9. The summed E-state index contributed by atoms with van der Waals surface area (Å²) in [4.78, 5) is 9.27. The topological polar surface area (TPSA) is 38.9 Å². The molecule has 0 amide bonds. The molecular weight excluding hydrogens is 863 g/mol. The van der Waals surface area contributed by atoms with Crippen molar-refractivity contribution in [3.63, 3.8) is 0 Å². The van der Waals surface area contributed by atoms with Gasteiger partial charge in [-0.1, -0.05) is 22.6 Å². The number of pyridine rings is 2. The summed E-state index contributed by atoms with van der Waals surface area (Å²) >= 11 is -1.77. The Morgan fingerprint density at radius 2 is 1.52 bits per heavy atom. The predicted molar refractivity (Wildman–Crippen MR) is 199 cm³/mol. The Hall–Kier alpha value is -3.97. The van der Waals surface area contributed by atoms with Crippen molar-refractivity contribution >= 4 is 39.6 Å². The molecule has 0 unspecified atom stereocenters. The van der Waals surface area contributed by atoms with E-state index in [1.165, 1.54) is 53.0 Å². The number of furan rings is 1. The van der Waals surface area contributed by atoms with Gasteiger partial charge in [-0.05, 0) is 79.8 Å². The molecule has 255 valence electrons. The maximum Gasteiger partial charge on any atom is 0 e. The van der Waals surface area contributed by atoms with Crippen molar-refractivity contribution in [1.29, 1.82) is 0 Å². The molecule has 8 rings (SSSR count). The van der Waals surface area contributed by atoms with E-state index in [4.69, 9.17) is 4.42 Å². The number of aryl methyl sites for hydroxylation is 2. The Kier molecular flexibility index (Phi) is 10.5. The average Bonchev–Trinajstić information content (AvgIpc) is 3.47. The van der Waals surface area contributed by atoms with Gasteiger partial charge in [0.15, 0.2) is 0 Å². The minimum Gasteiger partial charge on any atom is 0 e. The zero-order valence-electron chi connectivity index (χ0n) is 28.9. The summed E-state index contributed by atoms with van der Waals surface area (Å²) in [6.07, 6.45) is 8.47. The van der Waals surface area contributed by atoms with Crippen molar-refractivity contribution in [3.05, 3.63) is 137 Å². The van der Waals surface area contributed by atoms with Crippen LogP contribution in [-0.4, -0.2) is 23.2 Å². The minimum atomic E-state index is -1.77. The van der Waals surface area contributed by atoms with Crippen molar-refractivity contribution in [2.75, 3.05) is 0 Å². The van der Waals surface area contributed by atoms with Gasteiger partial charge in [-0.25, -0.2) is 8.78 Å². The van der Waals surface area contributed by atoms with Crippen molar-refractivity contribution in [1.82, 2.24) is 9.97 Å². The molecule has 4 aromatic carbocycles. The number of halogens is 2. The van der Waals surface area contributed by atoms with E-state index in [-0.39, 0.29) is 25.7 Å². The Bertz CT molecular complexity index is 2310. The van der Waals surface area contributed by atoms with Crippen molar-refractivity contribution in [2.24, 2.45) is 0 Å². The van der Waals surface area contributed by atoms with E-state index < -0.39 is 24.9 Å². The fourth-order valence-corrected chi connectivity index (χ4v) is 10.4. The molecule has 0 aliphatic heterocycles. The van der Waals surface area contributed by atoms with E-state index in [1.807, 2.05) is 48.7 Å². The maximum absolute atomic E-state index is 14.1. The molecule has 0 atom stereocenters. The van der Waals surface area contributed by atoms with Crippen molar-refractivity contribution < 1.29 is 33.3 Å². The van der Waals surface area contributed by atoms with E-state index in [1.54, 1.807) is 0 Å². The van der Waals surface area contributed by atoms with E-state index in [0.717, 1.165) is 62.9 Å². The Balaban J connectivity index is 0.000000204. The van der Waals surface area contributed by atoms with Gasteiger partial charge in [-0.3, -0.25) is 0 Å². The summed E-state index contributed by atoms with van der Waals surface area (Å²) in [6, 6.07) is 31.2. The van der Waals surface area contributed by atoms with E-state index in [9.17, 15) is 8.78 Å². The first-order valence-electron chi connectivity index (χ1n) is 16.8. The number of rotatable bonds is 4. The van der Waals surface area contributed by atoms with E-state index in [2.05, 4.69) is 76.8 Å². The molecule has 0 saturated heterocycles. The maximum atomic E-state index is 14.1. The number of nitrogens with zero attached hydrogens (tertiary/aromatic N) is 2. The van der Waals surface area contributed by atoms with Crippen LogP contribution in [0.4, 0.5) is 8.78 Å². The monoisotopic (exact) mass is 903 g/mol. The molecule has 3 nitrogen and oxygen atoms in total. The molecule has 50 heavy (non-hydrogen) atoms. The van der Waals surface area contributed by atoms with Gasteiger partial charge in [-0.2, -0.15) is 0 Å². The third-order valence-electron chi connectivity index (χ3n) is 9.45. The van der Waals surface area contributed by atoms with Crippen LogP contribution in [-0.2, 0) is 32.9 Å². The van der Waals surface area contributed by atoms with Crippen LogP contribution in [0, 0.1) is 37.6 Å². The predicted octanol–water partition coefficient (Wildman–Crippen LogP) is 11.0. The summed E-state index contributed by atoms with van der Waals surface area (Å²) in [5, 5.41) is 1.85. The van der Waals surface area contributed by atoms with Crippen LogP contribution in [0.1, 0.15) is 35.1 Å². The third kappa shape index (κ3) is 7.25. The molecular formula is C43H38F2GeIrN2O-2. The first-order valence-corrected chi connectivity index (χ1v) is 24.2. The summed E-state index contributed by atoms with van der Waals surface area (Å²) in [7, 11) is 0. The van der Waals surface area contributed by atoms with Gasteiger partial charge >= 0.3 is 106 Å². The Morgan fingerprint density at radius 1 is 0.760 bits per heavy atom. The SMILES string of the molecule is Cc1c(F)cc(-c2ccc3oc4c[c-]c(-c5nccc6c5CCCC6)cc4c3c2)cc1F.Cc1cc(-c2[c-]cccc2)nc[c]1[Ge]([CH3])([CH3])[CH3].[Ir]. The smallest absolute Gasteiger partial charge is 0 e. The van der Waals surface area contributed by atoms with Gasteiger partial charge < -0.3 is 9.40 Å². The van der Waals surface area contributed by atoms with Crippen molar-refractivity contribution in [2.45, 2.75) is 56.8 Å². The fraction of sp³-hybridized carbons (Fsp3) is 0.209. The number of benzene rings is 4. The molecule has 0 saturated carbocycles. The van der Waals surface area contributed by atoms with Crippen LogP contribution in [0.25, 0.3) is 55.6 Å². The van der Waals surface area contributed by atoms with Crippen LogP contribution in [0.15, 0.2) is 95.7 Å². The molecule has 0 bridgehead atoms. The van der Waals surface area contributed by atoms with Crippen LogP contribution in [0.2, 0.25) is 17.3 Å². The largest absolute Gasteiger partial charge is 0 e. The molecule has 3 aromatic heterocycles. The number of hydrogen-bond donors (Lipinski definition) is 0. The first kappa shape index (κ1) is 35.8. The summed E-state index contributed by atoms with van der Waals surface area (Å²) in [5.41, 5.74) is 10.8. The summed E-state index contributed by atoms with van der Waals surface area (Å²) < 4.78 is 35.8. The number of hydrogen-bond acceptors (Lipinski definition) is 3. The first-order chi connectivity index (χ1) is 23.6. The van der Waals surface area contributed by atoms with Crippen LogP contribution < -0.4 is 4.40 Å². The van der Waals surface area contributed by atoms with Gasteiger partial charge in [0.25, 0.3) is 0 Å². The van der Waals surface area contributed by atoms with Gasteiger partial charge in [-0.15, -0.1) is 23.8 Å². The van der Waals surface area contributed by atoms with Gasteiger partial charge in [0, 0.05) is 37.3 Å². The quantitative estimate of drug-likeness (QED) is 0.131. The minimum absolute atomic E-state index is 0. The second kappa shape index (κ2) is 14.7. The van der Waals surface area contributed by atoms with Crippen LogP contribution >= 0.6 is 0 Å². The van der Waals surface area contributed by atoms with Crippen LogP contribution in [0.3, 0.4) is 0 Å². The second-order valence-corrected chi connectivity index (χ2v) is 24.5. The summed E-state index contributed by atoms with van der Waals surface area (Å²) in [6.45, 7) is 3.63. The van der Waals surface area contributed by atoms with Gasteiger partial charge in [0.1, 0.15) is 17.2 Å². The third-order valence-corrected chi connectivity index (χ3v) is 13.9. The van der Waals surface area contributed by atoms with Gasteiger partial charge in [0.2, 0.25) is 0 Å². The fourth-order valence-electron chi connectivity index (χ4n) is 6.79. The van der Waals surface area contributed by atoms with Gasteiger partial charge in [0.05, 0.1) is 5.58 Å². The number of aromatic nitrogens is 2. The molecule has 7 heteroatoms. The van der Waals surface area contributed by atoms with E-state index in [0.29, 0.717) is 5.56 Å². The van der Waals surface area contributed by atoms with E-state index >= 15 is 0 Å². The molecule has 3 heterocycles. The van der Waals surface area contributed by atoms with Crippen LogP contribution in [0.5, 0.6) is 0 Å². The zero-order chi connectivity index (χ0) is 34.3. The molecule has 0 N–H and O–H groups in total. The molecule has 0 spiro atoms. The molecule has 1 aliphatic carbocycles. The Labute approximate surface area is 308 Å².